The van der Waals surface area contributed by atoms with Gasteiger partial charge in [-0.25, -0.2) is 0 Å². The molecule has 2 fully saturated rings. The van der Waals surface area contributed by atoms with Crippen molar-refractivity contribution in [2.45, 2.75) is 31.3 Å². The second-order valence-corrected chi connectivity index (χ2v) is 6.62. The van der Waals surface area contributed by atoms with E-state index < -0.39 is 0 Å². The molecule has 0 radical (unpaired) electrons. The Morgan fingerprint density at radius 1 is 1.24 bits per heavy atom. The molecular formula is C13H16ClIN2. The molecule has 0 bridgehead atoms. The predicted molar refractivity (Wildman–Crippen MR) is 80.9 cm³/mol. The van der Waals surface area contributed by atoms with Gasteiger partial charge >= 0.3 is 0 Å². The van der Waals surface area contributed by atoms with Crippen molar-refractivity contribution in [2.24, 2.45) is 0 Å². The number of nitrogens with one attached hydrogen (secondary N) is 1. The molecule has 0 spiro atoms. The molecule has 92 valence electrons. The van der Waals surface area contributed by atoms with E-state index in [0.29, 0.717) is 6.04 Å². The number of hydrogen-bond donors (Lipinski definition) is 1. The van der Waals surface area contributed by atoms with Crippen LogP contribution in [0.3, 0.4) is 0 Å². The van der Waals surface area contributed by atoms with Crippen LogP contribution in [0.15, 0.2) is 18.2 Å². The topological polar surface area (TPSA) is 15.3 Å². The molecule has 1 atom stereocenters. The van der Waals surface area contributed by atoms with Crippen LogP contribution in [0.25, 0.3) is 0 Å². The summed E-state index contributed by atoms with van der Waals surface area (Å²) in [6, 6.07) is 7.76. The largest absolute Gasteiger partial charge is 0.369 e. The van der Waals surface area contributed by atoms with Gasteiger partial charge < -0.3 is 10.2 Å². The highest BCUT2D eigenvalue weighted by Crippen LogP contribution is 2.31. The zero-order valence-corrected chi connectivity index (χ0v) is 12.5. The Bertz CT molecular complexity index is 420. The third-order valence-electron chi connectivity index (χ3n) is 3.49. The standard InChI is InChI=1S/C13H16ClIN2/c14-12-7-9(15)1-4-13(12)17-6-5-11(8-17)16-10-2-3-10/h1,4,7,10-11,16H,2-3,5-6,8H2. The fourth-order valence-corrected chi connectivity index (χ4v) is 3.41. The number of hydrogen-bond acceptors (Lipinski definition) is 2. The second-order valence-electron chi connectivity index (χ2n) is 4.97. The molecule has 1 heterocycles. The molecule has 17 heavy (non-hydrogen) atoms. The van der Waals surface area contributed by atoms with E-state index in [1.54, 1.807) is 0 Å². The molecule has 4 heteroatoms. The highest BCUT2D eigenvalue weighted by Gasteiger charge is 2.29. The fraction of sp³-hybridized carbons (Fsp3) is 0.538. The van der Waals surface area contributed by atoms with Crippen LogP contribution in [0, 0.1) is 3.57 Å². The van der Waals surface area contributed by atoms with Gasteiger partial charge in [-0.3, -0.25) is 0 Å². The lowest BCUT2D eigenvalue weighted by Crippen LogP contribution is -2.34. The fourth-order valence-electron chi connectivity index (χ4n) is 2.44. The third-order valence-corrected chi connectivity index (χ3v) is 4.46. The monoisotopic (exact) mass is 362 g/mol. The van der Waals surface area contributed by atoms with Crippen molar-refractivity contribution in [3.05, 3.63) is 26.8 Å². The highest BCUT2D eigenvalue weighted by molar-refractivity contribution is 14.1. The van der Waals surface area contributed by atoms with Gasteiger partial charge in [0.05, 0.1) is 10.7 Å². The summed E-state index contributed by atoms with van der Waals surface area (Å²) in [6.07, 6.45) is 3.96. The molecule has 1 aliphatic carbocycles. The summed E-state index contributed by atoms with van der Waals surface area (Å²) in [4.78, 5) is 2.40. The molecule has 1 aliphatic heterocycles. The Labute approximate surface area is 121 Å². The average molecular weight is 363 g/mol. The van der Waals surface area contributed by atoms with Crippen molar-refractivity contribution < 1.29 is 0 Å². The van der Waals surface area contributed by atoms with Crippen molar-refractivity contribution in [3.8, 4) is 0 Å². The maximum atomic E-state index is 6.31. The molecule has 1 aromatic carbocycles. The van der Waals surface area contributed by atoms with Gasteiger partial charge in [0.15, 0.2) is 0 Å². The minimum Gasteiger partial charge on any atom is -0.369 e. The molecule has 2 nitrogen and oxygen atoms in total. The SMILES string of the molecule is Clc1cc(I)ccc1N1CCC(NC2CC2)C1. The lowest BCUT2D eigenvalue weighted by Gasteiger charge is -2.20. The van der Waals surface area contributed by atoms with Crippen LogP contribution in [0.5, 0.6) is 0 Å². The predicted octanol–water partition coefficient (Wildman–Crippen LogP) is 3.28. The number of benzene rings is 1. The van der Waals surface area contributed by atoms with E-state index in [9.17, 15) is 0 Å². The molecule has 1 aromatic rings. The quantitative estimate of drug-likeness (QED) is 0.830. The van der Waals surface area contributed by atoms with E-state index in [-0.39, 0.29) is 0 Å². The van der Waals surface area contributed by atoms with Crippen LogP contribution in [0.4, 0.5) is 5.69 Å². The Balaban J connectivity index is 1.68. The molecule has 0 aromatic heterocycles. The van der Waals surface area contributed by atoms with Gasteiger partial charge in [0, 0.05) is 28.7 Å². The maximum Gasteiger partial charge on any atom is 0.0650 e. The van der Waals surface area contributed by atoms with Crippen molar-refractivity contribution in [3.63, 3.8) is 0 Å². The van der Waals surface area contributed by atoms with Gasteiger partial charge in [0.25, 0.3) is 0 Å². The van der Waals surface area contributed by atoms with Crippen molar-refractivity contribution >= 4 is 39.9 Å². The molecular weight excluding hydrogens is 347 g/mol. The molecule has 1 unspecified atom stereocenters. The van der Waals surface area contributed by atoms with Gasteiger partial charge in [0.1, 0.15) is 0 Å². The maximum absolute atomic E-state index is 6.31. The first kappa shape index (κ1) is 12.1. The lowest BCUT2D eigenvalue weighted by atomic mass is 10.2. The van der Waals surface area contributed by atoms with Crippen LogP contribution in [-0.4, -0.2) is 25.2 Å². The van der Waals surface area contributed by atoms with Crippen LogP contribution < -0.4 is 10.2 Å². The first-order chi connectivity index (χ1) is 8.22. The summed E-state index contributed by atoms with van der Waals surface area (Å²) in [7, 11) is 0. The van der Waals surface area contributed by atoms with Gasteiger partial charge in [-0.15, -0.1) is 0 Å². The third kappa shape index (κ3) is 2.88. The van der Waals surface area contributed by atoms with Gasteiger partial charge in [-0.1, -0.05) is 11.6 Å². The van der Waals surface area contributed by atoms with Crippen molar-refractivity contribution in [2.75, 3.05) is 18.0 Å². The summed E-state index contributed by atoms with van der Waals surface area (Å²) in [5.41, 5.74) is 1.19. The van der Waals surface area contributed by atoms with Crippen LogP contribution in [0.2, 0.25) is 5.02 Å². The summed E-state index contributed by atoms with van der Waals surface area (Å²) in [6.45, 7) is 2.21. The normalized spacial score (nSPS) is 24.4. The van der Waals surface area contributed by atoms with Gasteiger partial charge in [0.2, 0.25) is 0 Å². The van der Waals surface area contributed by atoms with Crippen molar-refractivity contribution in [1.82, 2.24) is 5.32 Å². The van der Waals surface area contributed by atoms with E-state index in [1.807, 2.05) is 6.07 Å². The zero-order chi connectivity index (χ0) is 11.8. The first-order valence-electron chi connectivity index (χ1n) is 6.18. The number of halogens is 2. The summed E-state index contributed by atoms with van der Waals surface area (Å²) in [5, 5.41) is 4.58. The van der Waals surface area contributed by atoms with E-state index in [0.717, 1.165) is 24.2 Å². The Kier molecular flexibility index (Phi) is 3.50. The number of rotatable bonds is 3. The molecule has 1 saturated heterocycles. The summed E-state index contributed by atoms with van der Waals surface area (Å²) >= 11 is 8.61. The summed E-state index contributed by atoms with van der Waals surface area (Å²) < 4.78 is 1.20. The lowest BCUT2D eigenvalue weighted by molar-refractivity contribution is 0.548. The Hall–Kier alpha value is -0.000000000000000132. The molecule has 3 rings (SSSR count). The van der Waals surface area contributed by atoms with Crippen molar-refractivity contribution in [1.29, 1.82) is 0 Å². The molecule has 1 N–H and O–H groups in total. The number of anilines is 1. The smallest absolute Gasteiger partial charge is 0.0650 e. The van der Waals surface area contributed by atoms with Gasteiger partial charge in [-0.05, 0) is 60.1 Å². The van der Waals surface area contributed by atoms with E-state index in [4.69, 9.17) is 11.6 Å². The zero-order valence-electron chi connectivity index (χ0n) is 9.63. The average Bonchev–Trinajstić information content (AvgIpc) is 2.96. The number of nitrogens with zero attached hydrogens (tertiary/aromatic N) is 1. The Morgan fingerprint density at radius 3 is 2.76 bits per heavy atom. The van der Waals surface area contributed by atoms with E-state index in [1.165, 1.54) is 28.5 Å². The summed E-state index contributed by atoms with van der Waals surface area (Å²) in [5.74, 6) is 0. The highest BCUT2D eigenvalue weighted by atomic mass is 127. The molecule has 1 saturated carbocycles. The van der Waals surface area contributed by atoms with Gasteiger partial charge in [-0.2, -0.15) is 0 Å². The van der Waals surface area contributed by atoms with E-state index in [2.05, 4.69) is 44.9 Å². The van der Waals surface area contributed by atoms with Crippen LogP contribution >= 0.6 is 34.2 Å². The van der Waals surface area contributed by atoms with E-state index >= 15 is 0 Å². The second kappa shape index (κ2) is 4.94. The molecule has 0 amide bonds. The molecule has 2 aliphatic rings. The first-order valence-corrected chi connectivity index (χ1v) is 7.64. The van der Waals surface area contributed by atoms with Crippen LogP contribution in [-0.2, 0) is 0 Å². The Morgan fingerprint density at radius 2 is 2.06 bits per heavy atom. The minimum absolute atomic E-state index is 0.651. The minimum atomic E-state index is 0.651. The van der Waals surface area contributed by atoms with Crippen LogP contribution in [0.1, 0.15) is 19.3 Å².